The third-order valence-electron chi connectivity index (χ3n) is 2.56. The van der Waals surface area contributed by atoms with Crippen molar-refractivity contribution in [3.8, 4) is 0 Å². The molecule has 1 rings (SSSR count). The van der Waals surface area contributed by atoms with Crippen LogP contribution in [0.15, 0.2) is 0 Å². The van der Waals surface area contributed by atoms with E-state index >= 15 is 0 Å². The normalized spacial score (nSPS) is 18.6. The van der Waals surface area contributed by atoms with E-state index in [9.17, 15) is 18.0 Å². The van der Waals surface area contributed by atoms with E-state index in [1.165, 1.54) is 0 Å². The van der Waals surface area contributed by atoms with Crippen LogP contribution < -0.4 is 5.32 Å². The number of carboxylic acid groups (broad SMARTS) is 1. The zero-order valence-corrected chi connectivity index (χ0v) is 9.79. The number of amides is 1. The van der Waals surface area contributed by atoms with Gasteiger partial charge in [-0.05, 0) is 12.8 Å². The molecular weight excluding hydrogens is 234 g/mol. The van der Waals surface area contributed by atoms with Gasteiger partial charge in [0.1, 0.15) is 15.9 Å². The van der Waals surface area contributed by atoms with Crippen molar-refractivity contribution >= 4 is 21.7 Å². The van der Waals surface area contributed by atoms with Crippen molar-refractivity contribution in [2.75, 3.05) is 12.0 Å². The van der Waals surface area contributed by atoms with Crippen LogP contribution in [0.5, 0.6) is 0 Å². The molecule has 16 heavy (non-hydrogen) atoms. The first-order chi connectivity index (χ1) is 7.29. The van der Waals surface area contributed by atoms with Crippen molar-refractivity contribution < 1.29 is 23.1 Å². The average molecular weight is 249 g/mol. The average Bonchev–Trinajstić information content (AvgIpc) is 1.96. The summed E-state index contributed by atoms with van der Waals surface area (Å²) in [5.74, 6) is -2.40. The fourth-order valence-corrected chi connectivity index (χ4v) is 2.27. The molecule has 1 saturated carbocycles. The maximum atomic E-state index is 11.5. The van der Waals surface area contributed by atoms with Crippen molar-refractivity contribution in [1.29, 1.82) is 0 Å². The van der Waals surface area contributed by atoms with E-state index in [-0.39, 0.29) is 11.8 Å². The maximum absolute atomic E-state index is 11.5. The van der Waals surface area contributed by atoms with Gasteiger partial charge in [-0.25, -0.2) is 13.2 Å². The Morgan fingerprint density at radius 2 is 2.00 bits per heavy atom. The number of aliphatic carboxylic acids is 1. The van der Waals surface area contributed by atoms with Gasteiger partial charge in [0.2, 0.25) is 5.91 Å². The van der Waals surface area contributed by atoms with E-state index in [0.29, 0.717) is 0 Å². The van der Waals surface area contributed by atoms with E-state index in [4.69, 9.17) is 5.11 Å². The summed E-state index contributed by atoms with van der Waals surface area (Å²) in [6.07, 6.45) is 3.40. The number of hydrogen-bond acceptors (Lipinski definition) is 4. The molecule has 1 amide bonds. The lowest BCUT2D eigenvalue weighted by Crippen LogP contribution is -2.48. The molecule has 1 unspecified atom stereocenters. The summed E-state index contributed by atoms with van der Waals surface area (Å²) in [5, 5.41) is 11.0. The zero-order valence-electron chi connectivity index (χ0n) is 8.97. The van der Waals surface area contributed by atoms with Gasteiger partial charge in [-0.1, -0.05) is 6.42 Å². The fraction of sp³-hybridized carbons (Fsp3) is 0.778. The number of carboxylic acids is 1. The lowest BCUT2D eigenvalue weighted by Gasteiger charge is -2.25. The molecule has 0 aromatic heterocycles. The highest BCUT2D eigenvalue weighted by atomic mass is 32.2. The highest BCUT2D eigenvalue weighted by Crippen LogP contribution is 2.26. The highest BCUT2D eigenvalue weighted by Gasteiger charge is 2.30. The van der Waals surface area contributed by atoms with Crippen LogP contribution in [0.2, 0.25) is 0 Å². The third-order valence-corrected chi connectivity index (χ3v) is 3.50. The minimum Gasteiger partial charge on any atom is -0.480 e. The predicted octanol–water partition coefficient (Wildman–Crippen LogP) is -0.599. The molecule has 0 heterocycles. The summed E-state index contributed by atoms with van der Waals surface area (Å²) in [4.78, 5) is 22.2. The fourth-order valence-electron chi connectivity index (χ4n) is 1.44. The molecule has 6 nitrogen and oxygen atoms in total. The van der Waals surface area contributed by atoms with Crippen LogP contribution in [0.25, 0.3) is 0 Å². The molecule has 7 heteroatoms. The van der Waals surface area contributed by atoms with Crippen molar-refractivity contribution in [3.63, 3.8) is 0 Å². The Balaban J connectivity index is 2.57. The Kier molecular flexibility index (Phi) is 3.90. The van der Waals surface area contributed by atoms with Crippen LogP contribution in [-0.2, 0) is 19.4 Å². The molecule has 1 aliphatic carbocycles. The minimum absolute atomic E-state index is 0.151. The van der Waals surface area contributed by atoms with Crippen LogP contribution in [0.4, 0.5) is 0 Å². The number of rotatable bonds is 5. The van der Waals surface area contributed by atoms with Crippen LogP contribution >= 0.6 is 0 Å². The van der Waals surface area contributed by atoms with E-state index in [2.05, 4.69) is 5.32 Å². The van der Waals surface area contributed by atoms with E-state index in [0.717, 1.165) is 25.5 Å². The van der Waals surface area contributed by atoms with Gasteiger partial charge in [-0.3, -0.25) is 4.79 Å². The molecule has 2 N–H and O–H groups in total. The summed E-state index contributed by atoms with van der Waals surface area (Å²) in [7, 11) is -3.42. The standard InChI is InChI=1S/C9H15NO5S/c1-16(14,15)5-7(9(12)13)10-8(11)6-3-2-4-6/h6-7H,2-5H2,1H3,(H,10,11)(H,12,13). The Labute approximate surface area is 93.9 Å². The lowest BCUT2D eigenvalue weighted by molar-refractivity contribution is -0.142. The quantitative estimate of drug-likeness (QED) is 0.677. The van der Waals surface area contributed by atoms with Gasteiger partial charge in [0, 0.05) is 12.2 Å². The van der Waals surface area contributed by atoms with Crippen molar-refractivity contribution in [2.24, 2.45) is 5.92 Å². The third kappa shape index (κ3) is 3.80. The molecule has 1 aliphatic rings. The topological polar surface area (TPSA) is 101 Å². The Morgan fingerprint density at radius 3 is 2.31 bits per heavy atom. The lowest BCUT2D eigenvalue weighted by atomic mass is 9.84. The second-order valence-corrected chi connectivity index (χ2v) is 6.30. The summed E-state index contributed by atoms with van der Waals surface area (Å²) >= 11 is 0. The van der Waals surface area contributed by atoms with Gasteiger partial charge >= 0.3 is 5.97 Å². The monoisotopic (exact) mass is 249 g/mol. The SMILES string of the molecule is CS(=O)(=O)CC(NC(=O)C1CCC1)C(=O)O. The molecule has 1 atom stereocenters. The summed E-state index contributed by atoms with van der Waals surface area (Å²) in [5.41, 5.74) is 0. The second-order valence-electron chi connectivity index (χ2n) is 4.12. The van der Waals surface area contributed by atoms with E-state index < -0.39 is 27.6 Å². The van der Waals surface area contributed by atoms with Gasteiger partial charge < -0.3 is 10.4 Å². The zero-order chi connectivity index (χ0) is 12.3. The molecule has 0 aromatic carbocycles. The summed E-state index contributed by atoms with van der Waals surface area (Å²) in [6, 6.07) is -1.34. The summed E-state index contributed by atoms with van der Waals surface area (Å²) in [6.45, 7) is 0. The van der Waals surface area contributed by atoms with Crippen LogP contribution in [0.1, 0.15) is 19.3 Å². The largest absolute Gasteiger partial charge is 0.480 e. The molecule has 0 bridgehead atoms. The van der Waals surface area contributed by atoms with Crippen LogP contribution in [-0.4, -0.2) is 43.5 Å². The first kappa shape index (κ1) is 13.0. The Morgan fingerprint density at radius 1 is 1.44 bits per heavy atom. The number of carbonyl (C=O) groups is 2. The molecule has 0 aliphatic heterocycles. The van der Waals surface area contributed by atoms with Gasteiger partial charge in [0.25, 0.3) is 0 Å². The maximum Gasteiger partial charge on any atom is 0.327 e. The Hall–Kier alpha value is -1.11. The minimum atomic E-state index is -3.42. The number of sulfone groups is 1. The first-order valence-electron chi connectivity index (χ1n) is 5.00. The second kappa shape index (κ2) is 4.82. The number of hydrogen-bond donors (Lipinski definition) is 2. The van der Waals surface area contributed by atoms with Crippen molar-refractivity contribution in [2.45, 2.75) is 25.3 Å². The van der Waals surface area contributed by atoms with Crippen molar-refractivity contribution in [1.82, 2.24) is 5.32 Å². The number of nitrogens with one attached hydrogen (secondary N) is 1. The molecule has 0 saturated heterocycles. The van der Waals surface area contributed by atoms with Crippen molar-refractivity contribution in [3.05, 3.63) is 0 Å². The molecule has 0 radical (unpaired) electrons. The van der Waals surface area contributed by atoms with Gasteiger partial charge in [-0.2, -0.15) is 0 Å². The molecule has 92 valence electrons. The molecule has 1 fully saturated rings. The smallest absolute Gasteiger partial charge is 0.327 e. The van der Waals surface area contributed by atoms with Gasteiger partial charge in [0.15, 0.2) is 0 Å². The van der Waals surface area contributed by atoms with E-state index in [1.54, 1.807) is 0 Å². The van der Waals surface area contributed by atoms with Crippen LogP contribution in [0.3, 0.4) is 0 Å². The molecular formula is C9H15NO5S. The number of carbonyl (C=O) groups excluding carboxylic acids is 1. The first-order valence-corrected chi connectivity index (χ1v) is 7.06. The Bertz CT molecular complexity index is 385. The van der Waals surface area contributed by atoms with Crippen LogP contribution in [0, 0.1) is 5.92 Å². The van der Waals surface area contributed by atoms with E-state index in [1.807, 2.05) is 0 Å². The predicted molar refractivity (Wildman–Crippen MR) is 56.6 cm³/mol. The summed E-state index contributed by atoms with van der Waals surface area (Å²) < 4.78 is 21.9. The van der Waals surface area contributed by atoms with Gasteiger partial charge in [0.05, 0.1) is 5.75 Å². The van der Waals surface area contributed by atoms with Gasteiger partial charge in [-0.15, -0.1) is 0 Å². The molecule has 0 aromatic rings. The molecule has 0 spiro atoms. The highest BCUT2D eigenvalue weighted by molar-refractivity contribution is 7.90.